The van der Waals surface area contributed by atoms with Gasteiger partial charge in [-0.2, -0.15) is 0 Å². The lowest BCUT2D eigenvalue weighted by atomic mass is 9.57. The van der Waals surface area contributed by atoms with E-state index in [-0.39, 0.29) is 0 Å². The lowest BCUT2D eigenvalue weighted by Gasteiger charge is -2.47. The molecule has 2 fully saturated rings. The van der Waals surface area contributed by atoms with Crippen LogP contribution in [0.2, 0.25) is 0 Å². The maximum Gasteiger partial charge on any atom is 0.309 e. The highest BCUT2D eigenvalue weighted by Gasteiger charge is 2.48. The topological polar surface area (TPSA) is 37.3 Å². The van der Waals surface area contributed by atoms with Gasteiger partial charge in [-0.25, -0.2) is 0 Å². The van der Waals surface area contributed by atoms with E-state index < -0.39 is 11.4 Å². The molecule has 0 aromatic rings. The van der Waals surface area contributed by atoms with Crippen molar-refractivity contribution in [3.05, 3.63) is 25.3 Å². The molecule has 1 N–H and O–H groups in total. The molecule has 0 atom stereocenters. The third kappa shape index (κ3) is 3.25. The molecule has 0 amide bonds. The van der Waals surface area contributed by atoms with E-state index in [1.807, 2.05) is 12.2 Å². The maximum absolute atomic E-state index is 12.0. The van der Waals surface area contributed by atoms with Crippen molar-refractivity contribution in [1.29, 1.82) is 0 Å². The second-order valence-electron chi connectivity index (χ2n) is 7.28. The first-order chi connectivity index (χ1) is 10.1. The van der Waals surface area contributed by atoms with Crippen molar-refractivity contribution in [2.75, 3.05) is 0 Å². The van der Waals surface area contributed by atoms with Gasteiger partial charge in [0.05, 0.1) is 5.41 Å². The molecular formula is C19H30O2. The second kappa shape index (κ2) is 6.81. The minimum Gasteiger partial charge on any atom is -0.481 e. The second-order valence-corrected chi connectivity index (χ2v) is 7.28. The molecule has 0 aliphatic heterocycles. The third-order valence-corrected chi connectivity index (χ3v) is 6.15. The average molecular weight is 290 g/mol. The zero-order valence-electron chi connectivity index (χ0n) is 13.3. The van der Waals surface area contributed by atoms with E-state index in [1.165, 1.54) is 6.42 Å². The van der Waals surface area contributed by atoms with Gasteiger partial charge in [-0.05, 0) is 62.7 Å². The van der Waals surface area contributed by atoms with Crippen LogP contribution in [-0.2, 0) is 4.79 Å². The van der Waals surface area contributed by atoms with Crippen LogP contribution in [0.15, 0.2) is 25.3 Å². The molecule has 0 aromatic carbocycles. The minimum absolute atomic E-state index is 0.300. The predicted octanol–water partition coefficient (Wildman–Crippen LogP) is 5.35. The van der Waals surface area contributed by atoms with E-state index in [1.54, 1.807) is 0 Å². The van der Waals surface area contributed by atoms with Crippen LogP contribution in [0, 0.1) is 16.7 Å². The maximum atomic E-state index is 12.0. The van der Waals surface area contributed by atoms with Crippen LogP contribution in [0.4, 0.5) is 0 Å². The Labute approximate surface area is 129 Å². The van der Waals surface area contributed by atoms with Crippen LogP contribution in [-0.4, -0.2) is 11.1 Å². The van der Waals surface area contributed by atoms with Gasteiger partial charge in [0.25, 0.3) is 0 Å². The zero-order valence-corrected chi connectivity index (χ0v) is 13.3. The fraction of sp³-hybridized carbons (Fsp3) is 0.737. The van der Waals surface area contributed by atoms with Gasteiger partial charge < -0.3 is 5.11 Å². The predicted molar refractivity (Wildman–Crippen MR) is 87.2 cm³/mol. The van der Waals surface area contributed by atoms with E-state index in [9.17, 15) is 9.90 Å². The molecule has 0 radical (unpaired) electrons. The van der Waals surface area contributed by atoms with Gasteiger partial charge in [-0.15, -0.1) is 13.2 Å². The van der Waals surface area contributed by atoms with Gasteiger partial charge in [0.15, 0.2) is 0 Å². The summed E-state index contributed by atoms with van der Waals surface area (Å²) in [5.41, 5.74) is -0.124. The Kier molecular flexibility index (Phi) is 5.29. The number of carboxylic acids is 1. The van der Waals surface area contributed by atoms with Crippen LogP contribution in [0.1, 0.15) is 70.6 Å². The van der Waals surface area contributed by atoms with Crippen LogP contribution in [0.3, 0.4) is 0 Å². The zero-order chi connectivity index (χ0) is 15.3. The summed E-state index contributed by atoms with van der Waals surface area (Å²) in [6.07, 6.45) is 15.7. The Bertz CT molecular complexity index is 370. The summed E-state index contributed by atoms with van der Waals surface area (Å²) >= 11 is 0. The summed E-state index contributed by atoms with van der Waals surface area (Å²) < 4.78 is 0. The molecule has 118 valence electrons. The van der Waals surface area contributed by atoms with Gasteiger partial charge in [0.2, 0.25) is 0 Å². The van der Waals surface area contributed by atoms with Crippen molar-refractivity contribution in [2.24, 2.45) is 16.7 Å². The lowest BCUT2D eigenvalue weighted by molar-refractivity contribution is -0.157. The number of aliphatic carboxylic acids is 1. The highest BCUT2D eigenvalue weighted by atomic mass is 16.4. The Morgan fingerprint density at radius 3 is 1.95 bits per heavy atom. The van der Waals surface area contributed by atoms with E-state index in [2.05, 4.69) is 13.2 Å². The fourth-order valence-electron chi connectivity index (χ4n) is 4.87. The summed E-state index contributed by atoms with van der Waals surface area (Å²) in [5, 5.41) is 9.85. The summed E-state index contributed by atoms with van der Waals surface area (Å²) in [7, 11) is 0. The molecule has 2 rings (SSSR count). The van der Waals surface area contributed by atoms with E-state index in [0.29, 0.717) is 11.3 Å². The largest absolute Gasteiger partial charge is 0.481 e. The Hall–Kier alpha value is -1.05. The Morgan fingerprint density at radius 2 is 1.52 bits per heavy atom. The van der Waals surface area contributed by atoms with Crippen LogP contribution in [0.5, 0.6) is 0 Å². The minimum atomic E-state index is -0.535. The van der Waals surface area contributed by atoms with Crippen molar-refractivity contribution >= 4 is 5.97 Å². The van der Waals surface area contributed by atoms with Crippen molar-refractivity contribution in [2.45, 2.75) is 70.6 Å². The van der Waals surface area contributed by atoms with Gasteiger partial charge in [0.1, 0.15) is 0 Å². The first-order valence-electron chi connectivity index (χ1n) is 8.54. The Morgan fingerprint density at radius 1 is 1.00 bits per heavy atom. The molecular weight excluding hydrogens is 260 g/mol. The molecule has 2 aliphatic rings. The normalized spacial score (nSPS) is 25.1. The molecule has 0 aromatic heterocycles. The van der Waals surface area contributed by atoms with E-state index in [0.717, 1.165) is 64.2 Å². The van der Waals surface area contributed by atoms with Crippen molar-refractivity contribution in [1.82, 2.24) is 0 Å². The molecule has 0 unspecified atom stereocenters. The van der Waals surface area contributed by atoms with Gasteiger partial charge >= 0.3 is 5.97 Å². The van der Waals surface area contributed by atoms with Crippen LogP contribution in [0.25, 0.3) is 0 Å². The molecule has 2 saturated carbocycles. The van der Waals surface area contributed by atoms with Crippen LogP contribution >= 0.6 is 0 Å². The highest BCUT2D eigenvalue weighted by molar-refractivity contribution is 5.75. The van der Waals surface area contributed by atoms with E-state index >= 15 is 0 Å². The number of allylic oxidation sites excluding steroid dienone is 2. The van der Waals surface area contributed by atoms with Gasteiger partial charge in [0, 0.05) is 0 Å². The Balaban J connectivity index is 2.08. The summed E-state index contributed by atoms with van der Waals surface area (Å²) in [6, 6.07) is 0. The van der Waals surface area contributed by atoms with Gasteiger partial charge in [-0.1, -0.05) is 31.4 Å². The summed E-state index contributed by atoms with van der Waals surface area (Å²) in [4.78, 5) is 12.0. The summed E-state index contributed by atoms with van der Waals surface area (Å²) in [5.74, 6) is -0.162. The van der Waals surface area contributed by atoms with E-state index in [4.69, 9.17) is 0 Å². The summed E-state index contributed by atoms with van der Waals surface area (Å²) in [6.45, 7) is 7.81. The monoisotopic (exact) mass is 290 g/mol. The highest BCUT2D eigenvalue weighted by Crippen LogP contribution is 2.53. The van der Waals surface area contributed by atoms with Crippen molar-refractivity contribution in [3.8, 4) is 0 Å². The standard InChI is InChI=1S/C19H30O2/c1-3-10-18(11-4-2)14-8-16(9-15-18)19(17(20)21)12-6-5-7-13-19/h3-4,16H,1-2,5-15H2,(H,20,21). The van der Waals surface area contributed by atoms with Gasteiger partial charge in [-0.3, -0.25) is 4.79 Å². The SMILES string of the molecule is C=CCC1(CC=C)CCC(C2(C(=O)O)CCCCC2)CC1. The average Bonchev–Trinajstić information content (AvgIpc) is 2.49. The lowest BCUT2D eigenvalue weighted by Crippen LogP contribution is -2.43. The molecule has 0 spiro atoms. The third-order valence-electron chi connectivity index (χ3n) is 6.15. The molecule has 0 heterocycles. The number of hydrogen-bond acceptors (Lipinski definition) is 1. The van der Waals surface area contributed by atoms with Crippen molar-refractivity contribution < 1.29 is 9.90 Å². The number of carbonyl (C=O) groups is 1. The molecule has 2 aliphatic carbocycles. The molecule has 0 saturated heterocycles. The molecule has 0 bridgehead atoms. The first-order valence-corrected chi connectivity index (χ1v) is 8.54. The fourth-order valence-corrected chi connectivity index (χ4v) is 4.87. The first kappa shape index (κ1) is 16.3. The van der Waals surface area contributed by atoms with Crippen molar-refractivity contribution in [3.63, 3.8) is 0 Å². The molecule has 2 heteroatoms. The number of rotatable bonds is 6. The smallest absolute Gasteiger partial charge is 0.309 e. The van der Waals surface area contributed by atoms with Crippen LogP contribution < -0.4 is 0 Å². The number of carboxylic acid groups (broad SMARTS) is 1. The number of hydrogen-bond donors (Lipinski definition) is 1. The molecule has 21 heavy (non-hydrogen) atoms. The quantitative estimate of drug-likeness (QED) is 0.669. The molecule has 2 nitrogen and oxygen atoms in total.